The molecule has 98 valence electrons. The number of carbonyl (C=O) groups excluding carboxylic acids is 2. The van der Waals surface area contributed by atoms with Crippen LogP contribution in [0.2, 0.25) is 0 Å². The van der Waals surface area contributed by atoms with Crippen LogP contribution in [0, 0.1) is 0 Å². The van der Waals surface area contributed by atoms with Crippen molar-refractivity contribution in [2.24, 2.45) is 5.73 Å². The Hall–Kier alpha value is -1.40. The third-order valence-electron chi connectivity index (χ3n) is 2.94. The van der Waals surface area contributed by atoms with Gasteiger partial charge in [-0.2, -0.15) is 0 Å². The van der Waals surface area contributed by atoms with Crippen LogP contribution in [-0.4, -0.2) is 41.9 Å². The van der Waals surface area contributed by atoms with Crippen LogP contribution in [-0.2, 0) is 0 Å². The van der Waals surface area contributed by atoms with E-state index >= 15 is 0 Å². The van der Waals surface area contributed by atoms with Gasteiger partial charge in [-0.05, 0) is 19.9 Å². The summed E-state index contributed by atoms with van der Waals surface area (Å²) in [5, 5.41) is 5.00. The lowest BCUT2D eigenvalue weighted by atomic mass is 10.1. The van der Waals surface area contributed by atoms with Crippen molar-refractivity contribution in [1.29, 1.82) is 0 Å². The van der Waals surface area contributed by atoms with Gasteiger partial charge in [-0.25, -0.2) is 0 Å². The minimum absolute atomic E-state index is 0.0206. The molecule has 1 aromatic rings. The first-order valence-electron chi connectivity index (χ1n) is 5.91. The second kappa shape index (κ2) is 5.07. The quantitative estimate of drug-likeness (QED) is 0.827. The van der Waals surface area contributed by atoms with Gasteiger partial charge in [-0.1, -0.05) is 0 Å². The summed E-state index contributed by atoms with van der Waals surface area (Å²) in [5.74, 6) is -0.514. The monoisotopic (exact) mass is 267 g/mol. The number of piperazine rings is 1. The maximum Gasteiger partial charge on any atom is 0.264 e. The van der Waals surface area contributed by atoms with E-state index < -0.39 is 5.91 Å². The summed E-state index contributed by atoms with van der Waals surface area (Å²) in [4.78, 5) is 25.7. The summed E-state index contributed by atoms with van der Waals surface area (Å²) in [6, 6.07) is 2.15. The maximum atomic E-state index is 12.3. The fraction of sp³-hybridized carbons (Fsp3) is 0.500. The van der Waals surface area contributed by atoms with Crippen LogP contribution in [0.3, 0.4) is 0 Å². The molecule has 1 saturated heterocycles. The lowest BCUT2D eigenvalue weighted by molar-refractivity contribution is 0.0678. The Morgan fingerprint density at radius 2 is 2.00 bits per heavy atom. The summed E-state index contributed by atoms with van der Waals surface area (Å²) in [6.07, 6.45) is 0. The van der Waals surface area contributed by atoms with Gasteiger partial charge in [0.15, 0.2) is 0 Å². The van der Waals surface area contributed by atoms with Crippen LogP contribution in [0.1, 0.15) is 33.9 Å². The number of primary amides is 1. The van der Waals surface area contributed by atoms with Crippen molar-refractivity contribution in [3.8, 4) is 0 Å². The highest BCUT2D eigenvalue weighted by Gasteiger charge is 2.26. The first kappa shape index (κ1) is 13.0. The highest BCUT2D eigenvalue weighted by Crippen LogP contribution is 2.18. The minimum atomic E-state index is -0.493. The van der Waals surface area contributed by atoms with Gasteiger partial charge < -0.3 is 16.0 Å². The van der Waals surface area contributed by atoms with E-state index in [2.05, 4.69) is 19.2 Å². The summed E-state index contributed by atoms with van der Waals surface area (Å²) >= 11 is 1.27. The molecule has 0 aromatic carbocycles. The second-order valence-corrected chi connectivity index (χ2v) is 5.65. The van der Waals surface area contributed by atoms with E-state index in [0.29, 0.717) is 23.5 Å². The largest absolute Gasteiger partial charge is 0.366 e. The van der Waals surface area contributed by atoms with Crippen molar-refractivity contribution in [3.63, 3.8) is 0 Å². The molecule has 3 N–H and O–H groups in total. The number of hydrogen-bond acceptors (Lipinski definition) is 4. The fourth-order valence-corrected chi connectivity index (χ4v) is 3.09. The van der Waals surface area contributed by atoms with Gasteiger partial charge in [0.05, 0.1) is 10.4 Å². The molecule has 2 rings (SSSR count). The normalized spacial score (nSPS) is 24.0. The standard InChI is InChI=1S/C12H17N3O2S/c1-7-4-15(5-8(2)14-7)12(17)10-3-9(6-18-10)11(13)16/h3,6-8,14H,4-5H2,1-2H3,(H2,13,16). The molecule has 0 saturated carbocycles. The van der Waals surface area contributed by atoms with Crippen molar-refractivity contribution >= 4 is 23.2 Å². The van der Waals surface area contributed by atoms with Gasteiger partial charge in [0.2, 0.25) is 5.91 Å². The zero-order valence-electron chi connectivity index (χ0n) is 10.5. The van der Waals surface area contributed by atoms with Gasteiger partial charge in [-0.15, -0.1) is 11.3 Å². The van der Waals surface area contributed by atoms with Gasteiger partial charge in [-0.3, -0.25) is 9.59 Å². The molecule has 0 bridgehead atoms. The van der Waals surface area contributed by atoms with Crippen LogP contribution >= 0.6 is 11.3 Å². The van der Waals surface area contributed by atoms with E-state index in [9.17, 15) is 9.59 Å². The molecule has 0 spiro atoms. The summed E-state index contributed by atoms with van der Waals surface area (Å²) in [5.41, 5.74) is 5.59. The zero-order valence-corrected chi connectivity index (χ0v) is 11.3. The Balaban J connectivity index is 2.12. The highest BCUT2D eigenvalue weighted by molar-refractivity contribution is 7.12. The first-order valence-corrected chi connectivity index (χ1v) is 6.79. The lowest BCUT2D eigenvalue weighted by Gasteiger charge is -2.35. The van der Waals surface area contributed by atoms with Gasteiger partial charge in [0, 0.05) is 30.6 Å². The molecule has 2 heterocycles. The van der Waals surface area contributed by atoms with E-state index in [1.54, 1.807) is 11.4 Å². The number of rotatable bonds is 2. The van der Waals surface area contributed by atoms with Gasteiger partial charge >= 0.3 is 0 Å². The van der Waals surface area contributed by atoms with Crippen molar-refractivity contribution in [2.75, 3.05) is 13.1 Å². The average molecular weight is 267 g/mol. The van der Waals surface area contributed by atoms with Crippen LogP contribution < -0.4 is 11.1 Å². The van der Waals surface area contributed by atoms with Crippen molar-refractivity contribution in [2.45, 2.75) is 25.9 Å². The molecule has 5 nitrogen and oxygen atoms in total. The van der Waals surface area contributed by atoms with Gasteiger partial charge in [0.25, 0.3) is 5.91 Å². The SMILES string of the molecule is CC1CN(C(=O)c2cc(C(N)=O)cs2)CC(C)N1. The molecule has 2 unspecified atom stereocenters. The molecule has 1 aliphatic rings. The number of nitrogens with one attached hydrogen (secondary N) is 1. The molecule has 1 aliphatic heterocycles. The van der Waals surface area contributed by atoms with E-state index in [1.165, 1.54) is 11.3 Å². The molecule has 0 aliphatic carbocycles. The molecule has 1 aromatic heterocycles. The minimum Gasteiger partial charge on any atom is -0.366 e. The molecule has 1 fully saturated rings. The number of nitrogens with two attached hydrogens (primary N) is 1. The first-order chi connectivity index (χ1) is 8.47. The van der Waals surface area contributed by atoms with Crippen molar-refractivity contribution < 1.29 is 9.59 Å². The predicted octanol–water partition coefficient (Wildman–Crippen LogP) is 0.669. The van der Waals surface area contributed by atoms with Gasteiger partial charge in [0.1, 0.15) is 0 Å². The molecular formula is C12H17N3O2S. The number of amides is 2. The highest BCUT2D eigenvalue weighted by atomic mass is 32.1. The molecule has 2 amide bonds. The smallest absolute Gasteiger partial charge is 0.264 e. The van der Waals surface area contributed by atoms with E-state index in [4.69, 9.17) is 5.73 Å². The Labute approximate surface area is 110 Å². The maximum absolute atomic E-state index is 12.3. The number of carbonyl (C=O) groups is 2. The third kappa shape index (κ3) is 2.70. The second-order valence-electron chi connectivity index (χ2n) is 4.74. The molecule has 2 atom stereocenters. The molecule has 18 heavy (non-hydrogen) atoms. The van der Waals surface area contributed by atoms with Crippen LogP contribution in [0.15, 0.2) is 11.4 Å². The van der Waals surface area contributed by atoms with E-state index in [-0.39, 0.29) is 18.0 Å². The third-order valence-corrected chi connectivity index (χ3v) is 3.86. The van der Waals surface area contributed by atoms with Crippen LogP contribution in [0.5, 0.6) is 0 Å². The van der Waals surface area contributed by atoms with Crippen molar-refractivity contribution in [3.05, 3.63) is 21.9 Å². The molecular weight excluding hydrogens is 250 g/mol. The Morgan fingerprint density at radius 3 is 2.50 bits per heavy atom. The number of nitrogens with zero attached hydrogens (tertiary/aromatic N) is 1. The summed E-state index contributed by atoms with van der Waals surface area (Å²) in [7, 11) is 0. The van der Waals surface area contributed by atoms with E-state index in [0.717, 1.165) is 0 Å². The summed E-state index contributed by atoms with van der Waals surface area (Å²) in [6.45, 7) is 5.48. The Morgan fingerprint density at radius 1 is 1.39 bits per heavy atom. The number of thiophene rings is 1. The zero-order chi connectivity index (χ0) is 13.3. The Kier molecular flexibility index (Phi) is 3.68. The summed E-state index contributed by atoms with van der Waals surface area (Å²) < 4.78 is 0. The molecule has 6 heteroatoms. The van der Waals surface area contributed by atoms with Crippen LogP contribution in [0.25, 0.3) is 0 Å². The van der Waals surface area contributed by atoms with Crippen LogP contribution in [0.4, 0.5) is 0 Å². The Bertz CT molecular complexity index is 462. The number of hydrogen-bond donors (Lipinski definition) is 2. The average Bonchev–Trinajstić information content (AvgIpc) is 2.75. The van der Waals surface area contributed by atoms with E-state index in [1.807, 2.05) is 4.90 Å². The predicted molar refractivity (Wildman–Crippen MR) is 70.8 cm³/mol. The lowest BCUT2D eigenvalue weighted by Crippen LogP contribution is -2.55. The fourth-order valence-electron chi connectivity index (χ4n) is 2.23. The van der Waals surface area contributed by atoms with Crippen molar-refractivity contribution in [1.82, 2.24) is 10.2 Å². The molecule has 0 radical (unpaired) electrons. The topological polar surface area (TPSA) is 75.4 Å².